The largest absolute Gasteiger partial charge is 0.336 e. The first kappa shape index (κ1) is 10.3. The lowest BCUT2D eigenvalue weighted by molar-refractivity contribution is 0.186. The number of hydrogen-bond donors (Lipinski definition) is 2. The molecule has 13 heavy (non-hydrogen) atoms. The van der Waals surface area contributed by atoms with Gasteiger partial charge in [0, 0.05) is 25.7 Å². The zero-order chi connectivity index (χ0) is 9.68. The van der Waals surface area contributed by atoms with E-state index >= 15 is 0 Å². The Morgan fingerprint density at radius 1 is 1.46 bits per heavy atom. The summed E-state index contributed by atoms with van der Waals surface area (Å²) >= 11 is 0. The SMILES string of the molecule is CC(N)CNC(=O)N1CCCCC1. The maximum absolute atomic E-state index is 11.5. The van der Waals surface area contributed by atoms with Gasteiger partial charge in [0.2, 0.25) is 0 Å². The van der Waals surface area contributed by atoms with E-state index < -0.39 is 0 Å². The molecule has 0 saturated carbocycles. The molecule has 0 aromatic heterocycles. The number of rotatable bonds is 2. The molecule has 1 aliphatic rings. The summed E-state index contributed by atoms with van der Waals surface area (Å²) < 4.78 is 0. The number of nitrogens with zero attached hydrogens (tertiary/aromatic N) is 1. The Morgan fingerprint density at radius 3 is 2.62 bits per heavy atom. The maximum atomic E-state index is 11.5. The number of piperidine rings is 1. The smallest absolute Gasteiger partial charge is 0.317 e. The van der Waals surface area contributed by atoms with Crippen LogP contribution in [0.5, 0.6) is 0 Å². The van der Waals surface area contributed by atoms with Crippen LogP contribution in [0.25, 0.3) is 0 Å². The highest BCUT2D eigenvalue weighted by atomic mass is 16.2. The number of likely N-dealkylation sites (tertiary alicyclic amines) is 1. The predicted octanol–water partition coefficient (Wildman–Crippen LogP) is 0.529. The van der Waals surface area contributed by atoms with Crippen LogP contribution in [0.2, 0.25) is 0 Å². The second-order valence-electron chi connectivity index (χ2n) is 3.71. The minimum absolute atomic E-state index is 0.0359. The Balaban J connectivity index is 2.21. The monoisotopic (exact) mass is 185 g/mol. The highest BCUT2D eigenvalue weighted by Crippen LogP contribution is 2.07. The molecule has 3 N–H and O–H groups in total. The van der Waals surface area contributed by atoms with Crippen molar-refractivity contribution in [3.05, 3.63) is 0 Å². The van der Waals surface area contributed by atoms with Crippen LogP contribution >= 0.6 is 0 Å². The van der Waals surface area contributed by atoms with E-state index in [2.05, 4.69) is 5.32 Å². The van der Waals surface area contributed by atoms with Crippen LogP contribution in [0.4, 0.5) is 4.79 Å². The fraction of sp³-hybridized carbons (Fsp3) is 0.889. The van der Waals surface area contributed by atoms with Crippen LogP contribution < -0.4 is 11.1 Å². The van der Waals surface area contributed by atoms with E-state index in [1.165, 1.54) is 6.42 Å². The second-order valence-corrected chi connectivity index (χ2v) is 3.71. The van der Waals surface area contributed by atoms with E-state index in [0.29, 0.717) is 6.54 Å². The van der Waals surface area contributed by atoms with Gasteiger partial charge in [-0.1, -0.05) is 0 Å². The Bertz CT molecular complexity index is 164. The Hall–Kier alpha value is -0.770. The first-order chi connectivity index (χ1) is 6.20. The van der Waals surface area contributed by atoms with Gasteiger partial charge < -0.3 is 16.0 Å². The number of nitrogens with one attached hydrogen (secondary N) is 1. The topological polar surface area (TPSA) is 58.4 Å². The van der Waals surface area contributed by atoms with E-state index in [1.54, 1.807) is 0 Å². The molecule has 4 heteroatoms. The first-order valence-electron chi connectivity index (χ1n) is 4.98. The van der Waals surface area contributed by atoms with Crippen molar-refractivity contribution in [3.63, 3.8) is 0 Å². The lowest BCUT2D eigenvalue weighted by Gasteiger charge is -2.27. The van der Waals surface area contributed by atoms with Crippen LogP contribution in [0.1, 0.15) is 26.2 Å². The number of amides is 2. The Kier molecular flexibility index (Phi) is 4.02. The number of carbonyl (C=O) groups excluding carboxylic acids is 1. The molecule has 0 aliphatic carbocycles. The molecule has 0 radical (unpaired) electrons. The molecule has 1 heterocycles. The lowest BCUT2D eigenvalue weighted by Crippen LogP contribution is -2.45. The van der Waals surface area contributed by atoms with Gasteiger partial charge in [-0.05, 0) is 26.2 Å². The van der Waals surface area contributed by atoms with Crippen molar-refractivity contribution in [2.24, 2.45) is 5.73 Å². The second kappa shape index (κ2) is 5.07. The van der Waals surface area contributed by atoms with Crippen molar-refractivity contribution in [3.8, 4) is 0 Å². The number of urea groups is 1. The highest BCUT2D eigenvalue weighted by molar-refractivity contribution is 5.74. The first-order valence-corrected chi connectivity index (χ1v) is 4.98. The average Bonchev–Trinajstić information content (AvgIpc) is 2.15. The summed E-state index contributed by atoms with van der Waals surface area (Å²) in [7, 11) is 0. The molecule has 1 aliphatic heterocycles. The van der Waals surface area contributed by atoms with Crippen LogP contribution in [0.15, 0.2) is 0 Å². The molecule has 76 valence electrons. The molecule has 1 rings (SSSR count). The van der Waals surface area contributed by atoms with E-state index in [9.17, 15) is 4.79 Å². The molecule has 1 unspecified atom stereocenters. The predicted molar refractivity (Wildman–Crippen MR) is 52.5 cm³/mol. The minimum Gasteiger partial charge on any atom is -0.336 e. The molecule has 0 spiro atoms. The molecule has 1 atom stereocenters. The van der Waals surface area contributed by atoms with Crippen molar-refractivity contribution in [1.82, 2.24) is 10.2 Å². The van der Waals surface area contributed by atoms with E-state index in [-0.39, 0.29) is 12.1 Å². The van der Waals surface area contributed by atoms with Crippen molar-refractivity contribution < 1.29 is 4.79 Å². The molecule has 1 saturated heterocycles. The fourth-order valence-electron chi connectivity index (χ4n) is 1.46. The summed E-state index contributed by atoms with van der Waals surface area (Å²) in [6.45, 7) is 4.24. The van der Waals surface area contributed by atoms with Crippen molar-refractivity contribution in [2.75, 3.05) is 19.6 Å². The highest BCUT2D eigenvalue weighted by Gasteiger charge is 2.15. The zero-order valence-corrected chi connectivity index (χ0v) is 8.25. The normalized spacial score (nSPS) is 19.7. The van der Waals surface area contributed by atoms with Gasteiger partial charge >= 0.3 is 6.03 Å². The summed E-state index contributed by atoms with van der Waals surface area (Å²) in [5, 5.41) is 2.81. The van der Waals surface area contributed by atoms with Crippen molar-refractivity contribution in [1.29, 1.82) is 0 Å². The van der Waals surface area contributed by atoms with Gasteiger partial charge in [-0.15, -0.1) is 0 Å². The molecule has 0 bridgehead atoms. The standard InChI is InChI=1S/C9H19N3O/c1-8(10)7-11-9(13)12-5-3-2-4-6-12/h8H,2-7,10H2,1H3,(H,11,13). The van der Waals surface area contributed by atoms with E-state index in [0.717, 1.165) is 25.9 Å². The van der Waals surface area contributed by atoms with Gasteiger partial charge in [0.05, 0.1) is 0 Å². The number of carbonyl (C=O) groups is 1. The molecule has 1 fully saturated rings. The molecule has 2 amide bonds. The third-order valence-corrected chi connectivity index (χ3v) is 2.22. The summed E-state index contributed by atoms with van der Waals surface area (Å²) in [6, 6.07) is 0.0748. The van der Waals surface area contributed by atoms with Crippen LogP contribution in [0.3, 0.4) is 0 Å². The van der Waals surface area contributed by atoms with Gasteiger partial charge in [0.25, 0.3) is 0 Å². The van der Waals surface area contributed by atoms with E-state index in [4.69, 9.17) is 5.73 Å². The van der Waals surface area contributed by atoms with Gasteiger partial charge in [-0.2, -0.15) is 0 Å². The third kappa shape index (κ3) is 3.63. The van der Waals surface area contributed by atoms with Crippen LogP contribution in [-0.4, -0.2) is 36.6 Å². The third-order valence-electron chi connectivity index (χ3n) is 2.22. The van der Waals surface area contributed by atoms with E-state index in [1.807, 2.05) is 11.8 Å². The minimum atomic E-state index is 0.0359. The average molecular weight is 185 g/mol. The molecule has 4 nitrogen and oxygen atoms in total. The maximum Gasteiger partial charge on any atom is 0.317 e. The molecular formula is C9H19N3O. The van der Waals surface area contributed by atoms with Gasteiger partial charge in [0.15, 0.2) is 0 Å². The summed E-state index contributed by atoms with van der Waals surface area (Å²) in [5.74, 6) is 0. The lowest BCUT2D eigenvalue weighted by atomic mass is 10.1. The molecule has 0 aromatic rings. The number of nitrogens with two attached hydrogens (primary N) is 1. The van der Waals surface area contributed by atoms with Gasteiger partial charge in [-0.25, -0.2) is 4.79 Å². The zero-order valence-electron chi connectivity index (χ0n) is 8.25. The summed E-state index contributed by atoms with van der Waals surface area (Å²) in [5.41, 5.74) is 5.54. The van der Waals surface area contributed by atoms with Gasteiger partial charge in [-0.3, -0.25) is 0 Å². The Labute approximate surface area is 79.5 Å². The molecular weight excluding hydrogens is 166 g/mol. The van der Waals surface area contributed by atoms with Crippen LogP contribution in [-0.2, 0) is 0 Å². The quantitative estimate of drug-likeness (QED) is 0.659. The van der Waals surface area contributed by atoms with Crippen molar-refractivity contribution >= 4 is 6.03 Å². The fourth-order valence-corrected chi connectivity index (χ4v) is 1.46. The van der Waals surface area contributed by atoms with Crippen molar-refractivity contribution in [2.45, 2.75) is 32.2 Å². The summed E-state index contributed by atoms with van der Waals surface area (Å²) in [4.78, 5) is 13.3. The van der Waals surface area contributed by atoms with Gasteiger partial charge in [0.1, 0.15) is 0 Å². The summed E-state index contributed by atoms with van der Waals surface area (Å²) in [6.07, 6.45) is 3.51. The van der Waals surface area contributed by atoms with Crippen LogP contribution in [0, 0.1) is 0 Å². The molecule has 0 aromatic carbocycles. The Morgan fingerprint density at radius 2 is 2.08 bits per heavy atom. The number of hydrogen-bond acceptors (Lipinski definition) is 2.